The largest absolute Gasteiger partial charge is 0.399 e. The molecule has 0 aliphatic carbocycles. The van der Waals surface area contributed by atoms with Gasteiger partial charge in [-0.25, -0.2) is 0 Å². The molecule has 17 heavy (non-hydrogen) atoms. The summed E-state index contributed by atoms with van der Waals surface area (Å²) in [5, 5.41) is 3.47. The first-order valence-electron chi connectivity index (χ1n) is 6.27. The number of hydrogen-bond donors (Lipinski definition) is 2. The Labute approximate surface area is 117 Å². The Balaban J connectivity index is 1.70. The molecule has 0 unspecified atom stereocenters. The van der Waals surface area contributed by atoms with Crippen LogP contribution in [-0.4, -0.2) is 31.1 Å². The van der Waals surface area contributed by atoms with Crippen molar-refractivity contribution in [3.63, 3.8) is 0 Å². The number of halogens is 1. The summed E-state index contributed by atoms with van der Waals surface area (Å²) >= 11 is 2.32. The van der Waals surface area contributed by atoms with Gasteiger partial charge in [0.1, 0.15) is 0 Å². The first-order valence-corrected chi connectivity index (χ1v) is 7.35. The number of likely N-dealkylation sites (tertiary alicyclic amines) is 1. The SMILES string of the molecule is Nc1ccc(NCCCN2CCCC2)c(I)c1. The van der Waals surface area contributed by atoms with E-state index in [4.69, 9.17) is 5.73 Å². The Bertz CT molecular complexity index is 362. The lowest BCUT2D eigenvalue weighted by Crippen LogP contribution is -2.22. The van der Waals surface area contributed by atoms with E-state index in [-0.39, 0.29) is 0 Å². The third-order valence-corrected chi connectivity index (χ3v) is 4.05. The summed E-state index contributed by atoms with van der Waals surface area (Å²) in [6, 6.07) is 6.02. The summed E-state index contributed by atoms with van der Waals surface area (Å²) in [5.74, 6) is 0. The summed E-state index contributed by atoms with van der Waals surface area (Å²) < 4.78 is 1.20. The van der Waals surface area contributed by atoms with Crippen molar-refractivity contribution in [1.82, 2.24) is 4.90 Å². The van der Waals surface area contributed by atoms with Gasteiger partial charge in [-0.05, 0) is 79.7 Å². The summed E-state index contributed by atoms with van der Waals surface area (Å²) in [4.78, 5) is 2.55. The van der Waals surface area contributed by atoms with E-state index in [1.807, 2.05) is 12.1 Å². The maximum absolute atomic E-state index is 5.73. The Morgan fingerprint density at radius 1 is 1.29 bits per heavy atom. The first-order chi connectivity index (χ1) is 8.25. The molecule has 1 saturated heterocycles. The molecule has 1 aromatic rings. The predicted molar refractivity (Wildman–Crippen MR) is 82.4 cm³/mol. The van der Waals surface area contributed by atoms with Crippen LogP contribution in [-0.2, 0) is 0 Å². The number of anilines is 2. The molecule has 1 fully saturated rings. The zero-order valence-corrected chi connectivity index (χ0v) is 12.2. The second-order valence-corrected chi connectivity index (χ2v) is 5.73. The molecule has 1 aliphatic rings. The van der Waals surface area contributed by atoms with Crippen LogP contribution in [0.15, 0.2) is 18.2 Å². The monoisotopic (exact) mass is 345 g/mol. The van der Waals surface area contributed by atoms with Gasteiger partial charge in [0.05, 0.1) is 0 Å². The number of nitrogen functional groups attached to an aromatic ring is 1. The van der Waals surface area contributed by atoms with E-state index in [1.165, 1.54) is 48.2 Å². The van der Waals surface area contributed by atoms with Crippen molar-refractivity contribution in [1.29, 1.82) is 0 Å². The molecule has 0 amide bonds. The average molecular weight is 345 g/mol. The van der Waals surface area contributed by atoms with Gasteiger partial charge in [0.15, 0.2) is 0 Å². The van der Waals surface area contributed by atoms with E-state index in [1.54, 1.807) is 0 Å². The lowest BCUT2D eigenvalue weighted by atomic mass is 10.3. The standard InChI is InChI=1S/C13H20IN3/c14-12-10-11(15)4-5-13(12)16-6-3-9-17-7-1-2-8-17/h4-5,10,16H,1-3,6-9,15H2. The maximum atomic E-state index is 5.73. The highest BCUT2D eigenvalue weighted by atomic mass is 127. The van der Waals surface area contributed by atoms with Gasteiger partial charge in [-0.3, -0.25) is 0 Å². The minimum Gasteiger partial charge on any atom is -0.399 e. The van der Waals surface area contributed by atoms with Crippen LogP contribution in [0.1, 0.15) is 19.3 Å². The van der Waals surface area contributed by atoms with Crippen molar-refractivity contribution in [2.45, 2.75) is 19.3 Å². The fraction of sp³-hybridized carbons (Fsp3) is 0.538. The third-order valence-electron chi connectivity index (χ3n) is 3.16. The number of rotatable bonds is 5. The Kier molecular flexibility index (Phi) is 4.91. The number of nitrogens with one attached hydrogen (secondary N) is 1. The summed E-state index contributed by atoms with van der Waals surface area (Å²) in [6.07, 6.45) is 3.97. The predicted octanol–water partition coefficient (Wildman–Crippen LogP) is 2.77. The molecule has 0 atom stereocenters. The molecular weight excluding hydrogens is 325 g/mol. The zero-order valence-electron chi connectivity index (χ0n) is 10.1. The normalized spacial score (nSPS) is 16.3. The van der Waals surface area contributed by atoms with Crippen LogP contribution < -0.4 is 11.1 Å². The van der Waals surface area contributed by atoms with Gasteiger partial charge < -0.3 is 16.0 Å². The Hall–Kier alpha value is -0.490. The van der Waals surface area contributed by atoms with Gasteiger partial charge in [-0.2, -0.15) is 0 Å². The third kappa shape index (κ3) is 4.03. The molecule has 1 aromatic carbocycles. The minimum atomic E-state index is 0.831. The fourth-order valence-corrected chi connectivity index (χ4v) is 2.94. The molecule has 0 spiro atoms. The van der Waals surface area contributed by atoms with Crippen molar-refractivity contribution in [2.75, 3.05) is 37.2 Å². The van der Waals surface area contributed by atoms with E-state index in [0.717, 1.165) is 12.2 Å². The van der Waals surface area contributed by atoms with Gasteiger partial charge in [0.2, 0.25) is 0 Å². The second-order valence-electron chi connectivity index (χ2n) is 4.57. The quantitative estimate of drug-likeness (QED) is 0.490. The molecule has 1 heterocycles. The molecular formula is C13H20IN3. The molecule has 3 nitrogen and oxygen atoms in total. The Morgan fingerprint density at radius 2 is 2.06 bits per heavy atom. The number of nitrogens with zero attached hydrogens (tertiary/aromatic N) is 1. The molecule has 0 bridgehead atoms. The van der Waals surface area contributed by atoms with E-state index in [9.17, 15) is 0 Å². The average Bonchev–Trinajstić information content (AvgIpc) is 2.79. The van der Waals surface area contributed by atoms with Crippen molar-refractivity contribution in [3.8, 4) is 0 Å². The van der Waals surface area contributed by atoms with Crippen molar-refractivity contribution in [2.24, 2.45) is 0 Å². The van der Waals surface area contributed by atoms with E-state index in [2.05, 4.69) is 38.9 Å². The van der Waals surface area contributed by atoms with Crippen LogP contribution in [0.4, 0.5) is 11.4 Å². The molecule has 0 saturated carbocycles. The summed E-state index contributed by atoms with van der Waals surface area (Å²) in [7, 11) is 0. The number of hydrogen-bond acceptors (Lipinski definition) is 3. The van der Waals surface area contributed by atoms with Crippen LogP contribution >= 0.6 is 22.6 Å². The van der Waals surface area contributed by atoms with Crippen LogP contribution in [0.2, 0.25) is 0 Å². The highest BCUT2D eigenvalue weighted by Crippen LogP contribution is 2.20. The van der Waals surface area contributed by atoms with Gasteiger partial charge in [0.25, 0.3) is 0 Å². The first kappa shape index (κ1) is 13.0. The van der Waals surface area contributed by atoms with Crippen LogP contribution in [0.3, 0.4) is 0 Å². The van der Waals surface area contributed by atoms with Gasteiger partial charge >= 0.3 is 0 Å². The molecule has 3 N–H and O–H groups in total. The smallest absolute Gasteiger partial charge is 0.0477 e. The highest BCUT2D eigenvalue weighted by Gasteiger charge is 2.10. The van der Waals surface area contributed by atoms with Crippen LogP contribution in [0, 0.1) is 3.57 Å². The van der Waals surface area contributed by atoms with Crippen LogP contribution in [0.5, 0.6) is 0 Å². The maximum Gasteiger partial charge on any atom is 0.0477 e. The second kappa shape index (κ2) is 6.44. The van der Waals surface area contributed by atoms with E-state index in [0.29, 0.717) is 0 Å². The fourth-order valence-electron chi connectivity index (χ4n) is 2.21. The van der Waals surface area contributed by atoms with Crippen molar-refractivity contribution < 1.29 is 0 Å². The molecule has 1 aliphatic heterocycles. The molecule has 0 radical (unpaired) electrons. The van der Waals surface area contributed by atoms with Gasteiger partial charge in [-0.1, -0.05) is 0 Å². The van der Waals surface area contributed by atoms with Gasteiger partial charge in [-0.15, -0.1) is 0 Å². The van der Waals surface area contributed by atoms with Crippen molar-refractivity contribution in [3.05, 3.63) is 21.8 Å². The summed E-state index contributed by atoms with van der Waals surface area (Å²) in [5.41, 5.74) is 7.75. The molecule has 0 aromatic heterocycles. The number of benzene rings is 1. The lowest BCUT2D eigenvalue weighted by Gasteiger charge is -2.15. The zero-order chi connectivity index (χ0) is 12.1. The molecule has 4 heteroatoms. The molecule has 2 rings (SSSR count). The topological polar surface area (TPSA) is 41.3 Å². The van der Waals surface area contributed by atoms with Gasteiger partial charge in [0, 0.05) is 21.5 Å². The molecule has 94 valence electrons. The lowest BCUT2D eigenvalue weighted by molar-refractivity contribution is 0.337. The van der Waals surface area contributed by atoms with E-state index >= 15 is 0 Å². The minimum absolute atomic E-state index is 0.831. The summed E-state index contributed by atoms with van der Waals surface area (Å²) in [6.45, 7) is 4.84. The van der Waals surface area contributed by atoms with Crippen molar-refractivity contribution >= 4 is 34.0 Å². The van der Waals surface area contributed by atoms with Crippen LogP contribution in [0.25, 0.3) is 0 Å². The number of nitrogens with two attached hydrogens (primary N) is 1. The Morgan fingerprint density at radius 3 is 2.76 bits per heavy atom. The van der Waals surface area contributed by atoms with E-state index < -0.39 is 0 Å². The highest BCUT2D eigenvalue weighted by molar-refractivity contribution is 14.1.